The van der Waals surface area contributed by atoms with Crippen molar-refractivity contribution in [1.82, 2.24) is 10.3 Å². The molecule has 0 unspecified atom stereocenters. The summed E-state index contributed by atoms with van der Waals surface area (Å²) in [5, 5.41) is 4.45. The maximum atomic E-state index is 14.5. The summed E-state index contributed by atoms with van der Waals surface area (Å²) in [5.74, 6) is -4.46. The molecule has 2 atom stereocenters. The second-order valence-electron chi connectivity index (χ2n) is 9.91. The summed E-state index contributed by atoms with van der Waals surface area (Å²) in [6.07, 6.45) is 6.07. The Kier molecular flexibility index (Phi) is 10.0. The maximum Gasteiger partial charge on any atom is 0.251 e. The lowest BCUT2D eigenvalue weighted by Crippen LogP contribution is -2.57. The predicted molar refractivity (Wildman–Crippen MR) is 154 cm³/mol. The predicted octanol–water partition coefficient (Wildman–Crippen LogP) is 5.78. The van der Waals surface area contributed by atoms with E-state index in [2.05, 4.69) is 16.9 Å². The summed E-state index contributed by atoms with van der Waals surface area (Å²) in [6.45, 7) is 4.04. The zero-order valence-electron chi connectivity index (χ0n) is 22.1. The van der Waals surface area contributed by atoms with Crippen LogP contribution in [0.25, 0.3) is 0 Å². The van der Waals surface area contributed by atoms with Gasteiger partial charge in [0.2, 0.25) is 17.7 Å². The summed E-state index contributed by atoms with van der Waals surface area (Å²) >= 11 is 6.96. The van der Waals surface area contributed by atoms with Crippen molar-refractivity contribution in [3.63, 3.8) is 0 Å². The number of carbonyl (C=O) groups excluding carboxylic acids is 3. The van der Waals surface area contributed by atoms with Crippen LogP contribution in [0.1, 0.15) is 38.5 Å². The van der Waals surface area contributed by atoms with Crippen LogP contribution in [0.3, 0.4) is 0 Å². The third kappa shape index (κ3) is 7.45. The summed E-state index contributed by atoms with van der Waals surface area (Å²) in [6, 6.07) is 2.29. The van der Waals surface area contributed by atoms with Crippen molar-refractivity contribution in [2.45, 2.75) is 62.6 Å². The lowest BCUT2D eigenvalue weighted by atomic mass is 9.91. The second kappa shape index (κ2) is 13.5. The average molecular weight is 607 g/mol. The number of hydrogen-bond acceptors (Lipinski definition) is 5. The monoisotopic (exact) mass is 606 g/mol. The number of benzene rings is 1. The van der Waals surface area contributed by atoms with Crippen LogP contribution in [0.4, 0.5) is 24.7 Å². The Hall–Kier alpha value is -3.44. The third-order valence-corrected chi connectivity index (χ3v) is 7.81. The van der Waals surface area contributed by atoms with Gasteiger partial charge in [-0.15, -0.1) is 22.9 Å². The first-order chi connectivity index (χ1) is 19.6. The normalized spacial score (nSPS) is 20.0. The fourth-order valence-electron chi connectivity index (χ4n) is 5.04. The number of amides is 3. The number of aromatic nitrogens is 1. The highest BCUT2D eigenvalue weighted by atomic mass is 35.5. The van der Waals surface area contributed by atoms with E-state index in [0.29, 0.717) is 5.82 Å². The number of nitrogens with zero attached hydrogens (tertiary/aromatic N) is 3. The van der Waals surface area contributed by atoms with Crippen molar-refractivity contribution >= 4 is 52.2 Å². The number of alkyl halides is 3. The molecule has 1 saturated heterocycles. The van der Waals surface area contributed by atoms with Crippen molar-refractivity contribution in [3.05, 3.63) is 77.4 Å². The largest absolute Gasteiger partial charge is 0.351 e. The average Bonchev–Trinajstić information content (AvgIpc) is 3.60. The molecular formula is C29H30ClF3N4O3S. The quantitative estimate of drug-likeness (QED) is 0.275. The van der Waals surface area contributed by atoms with Crippen molar-refractivity contribution in [2.75, 3.05) is 15.7 Å². The highest BCUT2D eigenvalue weighted by molar-refractivity contribution is 7.07. The molecule has 2 aliphatic rings. The van der Waals surface area contributed by atoms with E-state index in [0.717, 1.165) is 11.0 Å². The molecule has 3 amide bonds. The lowest BCUT2D eigenvalue weighted by Gasteiger charge is -2.36. The van der Waals surface area contributed by atoms with Gasteiger partial charge in [-0.2, -0.15) is 0 Å². The molecule has 218 valence electrons. The Morgan fingerprint density at radius 2 is 2.02 bits per heavy atom. The molecule has 0 radical (unpaired) electrons. The number of nitrogens with one attached hydrogen (secondary N) is 1. The van der Waals surface area contributed by atoms with Crippen molar-refractivity contribution in [2.24, 2.45) is 0 Å². The molecule has 7 nitrogen and oxygen atoms in total. The Labute approximate surface area is 245 Å². The molecule has 1 saturated carbocycles. The van der Waals surface area contributed by atoms with Crippen LogP contribution in [0.5, 0.6) is 0 Å². The van der Waals surface area contributed by atoms with Gasteiger partial charge in [0.1, 0.15) is 23.7 Å². The van der Waals surface area contributed by atoms with Gasteiger partial charge in [-0.25, -0.2) is 18.2 Å². The van der Waals surface area contributed by atoms with E-state index in [1.165, 1.54) is 46.0 Å². The van der Waals surface area contributed by atoms with Crippen LogP contribution in [-0.2, 0) is 14.4 Å². The van der Waals surface area contributed by atoms with Gasteiger partial charge in [-0.1, -0.05) is 36.9 Å². The molecule has 4 rings (SSSR count). The van der Waals surface area contributed by atoms with Gasteiger partial charge in [0.05, 0.1) is 5.51 Å². The first-order valence-electron chi connectivity index (χ1n) is 13.2. The molecule has 2 aromatic rings. The zero-order valence-corrected chi connectivity index (χ0v) is 23.7. The summed E-state index contributed by atoms with van der Waals surface area (Å²) in [5.41, 5.74) is 1.80. The molecule has 1 aromatic heterocycles. The molecule has 1 N–H and O–H groups in total. The van der Waals surface area contributed by atoms with Crippen LogP contribution in [0.15, 0.2) is 71.6 Å². The molecule has 1 aliphatic heterocycles. The molecule has 12 heteroatoms. The molecule has 2 fully saturated rings. The van der Waals surface area contributed by atoms with Crippen molar-refractivity contribution in [1.29, 1.82) is 0 Å². The first kappa shape index (κ1) is 30.5. The fraction of sp³-hybridized carbons (Fsp3) is 0.379. The van der Waals surface area contributed by atoms with E-state index in [1.54, 1.807) is 23.6 Å². The van der Waals surface area contributed by atoms with Crippen LogP contribution < -0.4 is 15.1 Å². The zero-order chi connectivity index (χ0) is 29.6. The van der Waals surface area contributed by atoms with E-state index in [1.807, 2.05) is 0 Å². The van der Waals surface area contributed by atoms with Crippen LogP contribution in [-0.4, -0.2) is 52.6 Å². The Bertz CT molecular complexity index is 1320. The Morgan fingerprint density at radius 3 is 2.68 bits per heavy atom. The van der Waals surface area contributed by atoms with Gasteiger partial charge in [-0.3, -0.25) is 24.2 Å². The second-order valence-corrected chi connectivity index (χ2v) is 10.9. The van der Waals surface area contributed by atoms with Gasteiger partial charge in [0.25, 0.3) is 5.91 Å². The Balaban J connectivity index is 1.74. The van der Waals surface area contributed by atoms with Crippen LogP contribution in [0.2, 0.25) is 0 Å². The molecule has 1 aromatic carbocycles. The van der Waals surface area contributed by atoms with E-state index >= 15 is 0 Å². The molecule has 41 heavy (non-hydrogen) atoms. The van der Waals surface area contributed by atoms with Gasteiger partial charge in [-0.05, 0) is 43.0 Å². The minimum absolute atomic E-state index is 0.0644. The van der Waals surface area contributed by atoms with Gasteiger partial charge < -0.3 is 5.32 Å². The number of halogens is 4. The SMILES string of the molecule is C=C(/C=C\C=C/CCl)[C@@H](C(=O)NC1CCC(F)(F)CC1)N(C(=O)[C@@H]1CCC(=O)N1c1cscn1)c1cccc(F)c1. The minimum Gasteiger partial charge on any atom is -0.351 e. The fourth-order valence-corrected chi connectivity index (χ4v) is 5.67. The number of hydrogen-bond donors (Lipinski definition) is 1. The number of carbonyl (C=O) groups is 3. The smallest absolute Gasteiger partial charge is 0.251 e. The standard InChI is InChI=1S/C29H30ClF3N4O3S/c1-19(6-3-2-4-15-30)26(27(39)35-21-11-13-29(32,33)14-12-21)36(22-8-5-7-20(31)16-22)28(40)23-9-10-25(38)37(23)24-17-41-18-34-24/h2-8,16-18,21,23,26H,1,9-15H2,(H,35,39)/b4-2-,6-3-/t23-,26-/m0/s1. The number of anilines is 2. The van der Waals surface area contributed by atoms with Gasteiger partial charge >= 0.3 is 0 Å². The van der Waals surface area contributed by atoms with Crippen LogP contribution >= 0.6 is 22.9 Å². The van der Waals surface area contributed by atoms with E-state index in [4.69, 9.17) is 11.6 Å². The summed E-state index contributed by atoms with van der Waals surface area (Å²) in [4.78, 5) is 47.7. The van der Waals surface area contributed by atoms with Crippen molar-refractivity contribution in [3.8, 4) is 0 Å². The minimum atomic E-state index is -2.79. The number of allylic oxidation sites excluding steroid dienone is 3. The van der Waals surface area contributed by atoms with Crippen molar-refractivity contribution < 1.29 is 27.6 Å². The molecule has 0 bridgehead atoms. The van der Waals surface area contributed by atoms with E-state index in [9.17, 15) is 27.6 Å². The lowest BCUT2D eigenvalue weighted by molar-refractivity contribution is -0.127. The van der Waals surface area contributed by atoms with E-state index in [-0.39, 0.29) is 61.6 Å². The summed E-state index contributed by atoms with van der Waals surface area (Å²) < 4.78 is 42.0. The van der Waals surface area contributed by atoms with Gasteiger partial charge in [0, 0.05) is 42.3 Å². The molecular weight excluding hydrogens is 577 g/mol. The highest BCUT2D eigenvalue weighted by Gasteiger charge is 2.44. The summed E-state index contributed by atoms with van der Waals surface area (Å²) in [7, 11) is 0. The molecule has 0 spiro atoms. The first-order valence-corrected chi connectivity index (χ1v) is 14.6. The van der Waals surface area contributed by atoms with Crippen LogP contribution in [0, 0.1) is 5.82 Å². The number of thiazole rings is 1. The number of rotatable bonds is 10. The molecule has 1 aliphatic carbocycles. The maximum absolute atomic E-state index is 14.5. The van der Waals surface area contributed by atoms with Gasteiger partial charge in [0.15, 0.2) is 0 Å². The third-order valence-electron chi connectivity index (χ3n) is 7.05. The topological polar surface area (TPSA) is 82.6 Å². The molecule has 2 heterocycles. The highest BCUT2D eigenvalue weighted by Crippen LogP contribution is 2.34. The van der Waals surface area contributed by atoms with E-state index < -0.39 is 41.7 Å². The Morgan fingerprint density at radius 1 is 1.27 bits per heavy atom.